The van der Waals surface area contributed by atoms with Crippen LogP contribution in [0.3, 0.4) is 0 Å². The zero-order valence-electron chi connectivity index (χ0n) is 9.17. The molecule has 1 aliphatic rings. The summed E-state index contributed by atoms with van der Waals surface area (Å²) in [4.78, 5) is 0. The maximum Gasteiger partial charge on any atom is 0.697 e. The van der Waals surface area contributed by atoms with Gasteiger partial charge in [0.2, 0.25) is 0 Å². The fraction of sp³-hybridized carbons (Fsp3) is 1.00. The van der Waals surface area contributed by atoms with E-state index in [1.807, 2.05) is 0 Å². The van der Waals surface area contributed by atoms with Crippen molar-refractivity contribution in [3.8, 4) is 0 Å². The Balaban J connectivity index is 2.56. The summed E-state index contributed by atoms with van der Waals surface area (Å²) in [6, 6.07) is -1.09. The molecule has 0 aliphatic carbocycles. The van der Waals surface area contributed by atoms with Gasteiger partial charge < -0.3 is 9.47 Å². The fourth-order valence-corrected chi connectivity index (χ4v) is 1.92. The quantitative estimate of drug-likeness (QED) is 0.519. The van der Waals surface area contributed by atoms with Crippen molar-refractivity contribution in [2.24, 2.45) is 0 Å². The predicted molar refractivity (Wildman–Crippen MR) is 55.3 cm³/mol. The van der Waals surface area contributed by atoms with E-state index in [4.69, 9.17) is 21.8 Å². The number of alkyl halides is 1. The lowest BCUT2D eigenvalue weighted by atomic mass is 9.94. The molecule has 0 aromatic carbocycles. The molecular formula is C8H14BFO5P+. The van der Waals surface area contributed by atoms with Crippen LogP contribution in [0.25, 0.3) is 0 Å². The Morgan fingerprint density at radius 3 is 2.81 bits per heavy atom. The molecule has 2 radical (unpaired) electrons. The van der Waals surface area contributed by atoms with Gasteiger partial charge in [-0.2, -0.15) is 0 Å². The summed E-state index contributed by atoms with van der Waals surface area (Å²) in [6.07, 6.45) is -3.23. The molecule has 0 aromatic heterocycles. The van der Waals surface area contributed by atoms with Gasteiger partial charge in [-0.15, -0.1) is 9.05 Å². The van der Waals surface area contributed by atoms with Crippen molar-refractivity contribution in [2.75, 3.05) is 20.3 Å². The van der Waals surface area contributed by atoms with E-state index in [9.17, 15) is 8.96 Å². The lowest BCUT2D eigenvalue weighted by Gasteiger charge is -2.13. The Labute approximate surface area is 95.9 Å². The summed E-state index contributed by atoms with van der Waals surface area (Å²) in [5.74, 6) is 0. The Hall–Kier alpha value is -0.0651. The van der Waals surface area contributed by atoms with Crippen molar-refractivity contribution in [1.29, 1.82) is 0 Å². The third-order valence-corrected chi connectivity index (χ3v) is 2.88. The Morgan fingerprint density at radius 2 is 2.25 bits per heavy atom. The summed E-state index contributed by atoms with van der Waals surface area (Å²) < 4.78 is 44.1. The highest BCUT2D eigenvalue weighted by Gasteiger charge is 2.48. The van der Waals surface area contributed by atoms with Crippen LogP contribution in [-0.4, -0.2) is 52.6 Å². The largest absolute Gasteiger partial charge is 0.697 e. The van der Waals surface area contributed by atoms with Crippen LogP contribution in [0, 0.1) is 0 Å². The topological polar surface area (TPSA) is 54.0 Å². The number of hydrogen-bond donors (Lipinski definition) is 0. The van der Waals surface area contributed by atoms with E-state index < -0.39 is 32.6 Å². The van der Waals surface area contributed by atoms with Crippen LogP contribution in [0.1, 0.15) is 6.92 Å². The first-order valence-corrected chi connectivity index (χ1v) is 6.00. The standard InChI is InChI=1S/C8H14BFO5P/c1-3-13-4-5-7(15-16(11)12-2)6(10)8(9)14-5/h5-8H,3-4H2,1-2H3/q+1. The van der Waals surface area contributed by atoms with Gasteiger partial charge in [0.1, 0.15) is 14.0 Å². The first-order valence-electron chi connectivity index (χ1n) is 4.91. The van der Waals surface area contributed by atoms with E-state index in [2.05, 4.69) is 4.52 Å². The van der Waals surface area contributed by atoms with E-state index >= 15 is 0 Å². The van der Waals surface area contributed by atoms with E-state index in [-0.39, 0.29) is 6.61 Å². The predicted octanol–water partition coefficient (Wildman–Crippen LogP) is 0.943. The van der Waals surface area contributed by atoms with Gasteiger partial charge in [-0.3, -0.25) is 0 Å². The first kappa shape index (κ1) is 14.0. The van der Waals surface area contributed by atoms with Gasteiger partial charge in [-0.1, -0.05) is 0 Å². The summed E-state index contributed by atoms with van der Waals surface area (Å²) in [6.45, 7) is 2.41. The van der Waals surface area contributed by atoms with E-state index in [1.54, 1.807) is 6.92 Å². The Morgan fingerprint density at radius 1 is 1.56 bits per heavy atom. The molecule has 0 aromatic rings. The van der Waals surface area contributed by atoms with Crippen LogP contribution < -0.4 is 0 Å². The highest BCUT2D eigenvalue weighted by atomic mass is 31.1. The molecule has 1 heterocycles. The lowest BCUT2D eigenvalue weighted by Crippen LogP contribution is -2.33. The van der Waals surface area contributed by atoms with E-state index in [1.165, 1.54) is 7.11 Å². The normalized spacial score (nSPS) is 35.3. The maximum atomic E-state index is 13.5. The molecule has 1 rings (SSSR count). The van der Waals surface area contributed by atoms with Crippen molar-refractivity contribution in [3.05, 3.63) is 0 Å². The Bertz CT molecular complexity index is 244. The van der Waals surface area contributed by atoms with Crippen LogP contribution in [0.2, 0.25) is 0 Å². The molecule has 8 heteroatoms. The van der Waals surface area contributed by atoms with Gasteiger partial charge in [0.15, 0.2) is 12.3 Å². The smallest absolute Gasteiger partial charge is 0.379 e. The molecule has 5 nitrogen and oxygen atoms in total. The van der Waals surface area contributed by atoms with Crippen LogP contribution in [0.15, 0.2) is 0 Å². The zero-order chi connectivity index (χ0) is 12.1. The molecule has 16 heavy (non-hydrogen) atoms. The minimum absolute atomic E-state index is 0.141. The molecule has 0 bridgehead atoms. The molecule has 1 saturated heterocycles. The molecule has 0 N–H and O–H groups in total. The SMILES string of the molecule is [B]C1OC(COCC)C(O[P+](=O)OC)C1F. The second-order valence-electron chi connectivity index (χ2n) is 3.22. The number of rotatable bonds is 6. The number of halogens is 1. The fourth-order valence-electron chi connectivity index (χ4n) is 1.38. The van der Waals surface area contributed by atoms with Crippen molar-refractivity contribution in [3.63, 3.8) is 0 Å². The highest BCUT2D eigenvalue weighted by Crippen LogP contribution is 2.34. The lowest BCUT2D eigenvalue weighted by molar-refractivity contribution is -0.0229. The van der Waals surface area contributed by atoms with Crippen molar-refractivity contribution < 1.29 is 27.5 Å². The molecular weight excluding hydrogens is 237 g/mol. The Kier molecular flexibility index (Phi) is 5.79. The molecule has 0 spiro atoms. The van der Waals surface area contributed by atoms with E-state index in [0.29, 0.717) is 6.61 Å². The average molecular weight is 251 g/mol. The van der Waals surface area contributed by atoms with Gasteiger partial charge in [0.05, 0.1) is 19.7 Å². The van der Waals surface area contributed by atoms with Crippen LogP contribution >= 0.6 is 8.25 Å². The van der Waals surface area contributed by atoms with Crippen molar-refractivity contribution >= 4 is 16.1 Å². The summed E-state index contributed by atoms with van der Waals surface area (Å²) in [5, 5.41) is 0. The van der Waals surface area contributed by atoms with E-state index in [0.717, 1.165) is 0 Å². The van der Waals surface area contributed by atoms with Crippen LogP contribution in [0.4, 0.5) is 4.39 Å². The molecule has 0 amide bonds. The van der Waals surface area contributed by atoms with Crippen molar-refractivity contribution in [2.45, 2.75) is 31.3 Å². The van der Waals surface area contributed by atoms with Gasteiger partial charge in [-0.25, -0.2) is 4.39 Å². The zero-order valence-corrected chi connectivity index (χ0v) is 10.1. The second kappa shape index (κ2) is 6.62. The van der Waals surface area contributed by atoms with Crippen molar-refractivity contribution in [1.82, 2.24) is 0 Å². The summed E-state index contributed by atoms with van der Waals surface area (Å²) >= 11 is 0. The van der Waals surface area contributed by atoms with Crippen LogP contribution in [-0.2, 0) is 23.1 Å². The summed E-state index contributed by atoms with van der Waals surface area (Å²) in [7, 11) is 4.23. The van der Waals surface area contributed by atoms with Gasteiger partial charge in [-0.05, 0) is 6.92 Å². The molecule has 1 fully saturated rings. The molecule has 5 atom stereocenters. The third kappa shape index (κ3) is 3.47. The molecule has 90 valence electrons. The number of hydrogen-bond acceptors (Lipinski definition) is 5. The summed E-state index contributed by atoms with van der Waals surface area (Å²) in [5.41, 5.74) is 0. The highest BCUT2D eigenvalue weighted by molar-refractivity contribution is 7.33. The molecule has 5 unspecified atom stereocenters. The maximum absolute atomic E-state index is 13.5. The minimum atomic E-state index is -2.36. The van der Waals surface area contributed by atoms with Crippen LogP contribution in [0.5, 0.6) is 0 Å². The minimum Gasteiger partial charge on any atom is -0.379 e. The first-order chi connectivity index (χ1) is 7.60. The van der Waals surface area contributed by atoms with Gasteiger partial charge in [0, 0.05) is 11.2 Å². The molecule has 0 saturated carbocycles. The van der Waals surface area contributed by atoms with Gasteiger partial charge >= 0.3 is 8.25 Å². The van der Waals surface area contributed by atoms with Gasteiger partial charge in [0.25, 0.3) is 0 Å². The monoisotopic (exact) mass is 251 g/mol. The second-order valence-corrected chi connectivity index (χ2v) is 4.24. The molecule has 1 aliphatic heterocycles. The third-order valence-electron chi connectivity index (χ3n) is 2.17. The average Bonchev–Trinajstić information content (AvgIpc) is 2.54. The number of ether oxygens (including phenoxy) is 2.